The number of aliphatic hydroxyl groups excluding tert-OH is 5. The Labute approximate surface area is 176 Å². The molecule has 0 amide bonds. The summed E-state index contributed by atoms with van der Waals surface area (Å²) in [6.45, 7) is 3.56. The highest BCUT2D eigenvalue weighted by molar-refractivity contribution is 5.53. The molecule has 0 saturated carbocycles. The molecule has 0 spiro atoms. The third-order valence-corrected chi connectivity index (χ3v) is 4.82. The zero-order valence-corrected chi connectivity index (χ0v) is 17.1. The standard InChI is InChI=1S/C24H30O6/c1-16(2)15-24(30,20(26)14-18-11-7-4-8-12-18)23(29)22(28)21(27)19(25)13-17-9-5-3-6-10-17/h3-14,16,21-23,25-30H,15H2,1-2H3/t21-,22-,23+,24+/m1/s1. The van der Waals surface area contributed by atoms with Gasteiger partial charge in [-0.3, -0.25) is 0 Å². The Bertz CT molecular complexity index is 847. The Balaban J connectivity index is 2.31. The Kier molecular flexibility index (Phi) is 8.20. The van der Waals surface area contributed by atoms with Gasteiger partial charge >= 0.3 is 0 Å². The van der Waals surface area contributed by atoms with Gasteiger partial charge in [0.2, 0.25) is 0 Å². The molecule has 2 aromatic rings. The fourth-order valence-corrected chi connectivity index (χ4v) is 3.27. The Morgan fingerprint density at radius 2 is 1.30 bits per heavy atom. The van der Waals surface area contributed by atoms with Gasteiger partial charge in [-0.25, -0.2) is 0 Å². The van der Waals surface area contributed by atoms with E-state index in [2.05, 4.69) is 0 Å². The lowest BCUT2D eigenvalue weighted by Gasteiger charge is -2.37. The monoisotopic (exact) mass is 414 g/mol. The van der Waals surface area contributed by atoms with E-state index in [0.29, 0.717) is 11.1 Å². The second kappa shape index (κ2) is 10.4. The summed E-state index contributed by atoms with van der Waals surface area (Å²) in [4.78, 5) is 0. The lowest BCUT2D eigenvalue weighted by Crippen LogP contribution is -2.55. The second-order valence-electron chi connectivity index (χ2n) is 7.82. The van der Waals surface area contributed by atoms with E-state index in [1.165, 1.54) is 12.2 Å². The highest BCUT2D eigenvalue weighted by Gasteiger charge is 2.46. The van der Waals surface area contributed by atoms with E-state index >= 15 is 0 Å². The molecule has 0 saturated heterocycles. The molecule has 0 aliphatic heterocycles. The van der Waals surface area contributed by atoms with Crippen LogP contribution in [0.15, 0.2) is 72.2 Å². The molecule has 0 aliphatic rings. The van der Waals surface area contributed by atoms with Crippen LogP contribution >= 0.6 is 0 Å². The van der Waals surface area contributed by atoms with Crippen molar-refractivity contribution >= 4 is 12.2 Å². The molecule has 2 rings (SSSR count). The molecule has 30 heavy (non-hydrogen) atoms. The molecule has 0 unspecified atom stereocenters. The van der Waals surface area contributed by atoms with Crippen LogP contribution in [-0.4, -0.2) is 54.6 Å². The van der Waals surface area contributed by atoms with Crippen molar-refractivity contribution in [3.05, 3.63) is 83.3 Å². The van der Waals surface area contributed by atoms with Gasteiger partial charge in [-0.2, -0.15) is 0 Å². The van der Waals surface area contributed by atoms with Crippen molar-refractivity contribution in [2.24, 2.45) is 5.92 Å². The average molecular weight is 414 g/mol. The van der Waals surface area contributed by atoms with E-state index in [1.807, 2.05) is 0 Å². The molecule has 0 aliphatic carbocycles. The van der Waals surface area contributed by atoms with E-state index in [-0.39, 0.29) is 12.3 Å². The molecule has 0 heterocycles. The van der Waals surface area contributed by atoms with E-state index < -0.39 is 35.4 Å². The van der Waals surface area contributed by atoms with Gasteiger partial charge in [0, 0.05) is 0 Å². The van der Waals surface area contributed by atoms with Crippen LogP contribution in [0.3, 0.4) is 0 Å². The number of hydrogen-bond donors (Lipinski definition) is 6. The quantitative estimate of drug-likeness (QED) is 0.351. The molecule has 4 atom stereocenters. The van der Waals surface area contributed by atoms with Crippen molar-refractivity contribution in [3.8, 4) is 0 Å². The minimum absolute atomic E-state index is 0.0870. The highest BCUT2D eigenvalue weighted by atomic mass is 16.4. The molecular formula is C24H30O6. The Morgan fingerprint density at radius 1 is 0.833 bits per heavy atom. The summed E-state index contributed by atoms with van der Waals surface area (Å²) in [6, 6.07) is 17.4. The maximum absolute atomic E-state index is 11.1. The molecular weight excluding hydrogens is 384 g/mol. The number of benzene rings is 2. The van der Waals surface area contributed by atoms with Crippen LogP contribution in [0.1, 0.15) is 31.4 Å². The summed E-state index contributed by atoms with van der Waals surface area (Å²) in [6.07, 6.45) is -3.34. The lowest BCUT2D eigenvalue weighted by molar-refractivity contribution is -0.152. The first kappa shape index (κ1) is 23.6. The fourth-order valence-electron chi connectivity index (χ4n) is 3.27. The first-order valence-corrected chi connectivity index (χ1v) is 9.83. The molecule has 6 nitrogen and oxygen atoms in total. The minimum Gasteiger partial charge on any atom is -0.509 e. The highest BCUT2D eigenvalue weighted by Crippen LogP contribution is 2.32. The number of aliphatic hydroxyl groups is 6. The zero-order chi connectivity index (χ0) is 22.3. The summed E-state index contributed by atoms with van der Waals surface area (Å²) in [5.41, 5.74) is -1.07. The van der Waals surface area contributed by atoms with Gasteiger partial charge in [0.05, 0.1) is 0 Å². The first-order valence-electron chi connectivity index (χ1n) is 9.83. The van der Waals surface area contributed by atoms with Crippen molar-refractivity contribution in [2.75, 3.05) is 0 Å². The number of hydrogen-bond acceptors (Lipinski definition) is 6. The molecule has 162 valence electrons. The van der Waals surface area contributed by atoms with Gasteiger partial charge in [0.1, 0.15) is 35.4 Å². The summed E-state index contributed by atoms with van der Waals surface area (Å²) in [7, 11) is 0. The predicted octanol–water partition coefficient (Wildman–Crippen LogP) is 3.04. The first-order chi connectivity index (χ1) is 14.1. The molecule has 6 heteroatoms. The molecule has 0 bridgehead atoms. The minimum atomic E-state index is -2.24. The van der Waals surface area contributed by atoms with Crippen LogP contribution in [0.2, 0.25) is 0 Å². The topological polar surface area (TPSA) is 121 Å². The van der Waals surface area contributed by atoms with Crippen LogP contribution in [0.4, 0.5) is 0 Å². The zero-order valence-electron chi connectivity index (χ0n) is 17.1. The summed E-state index contributed by atoms with van der Waals surface area (Å²) >= 11 is 0. The smallest absolute Gasteiger partial charge is 0.150 e. The molecule has 2 aromatic carbocycles. The lowest BCUT2D eigenvalue weighted by atomic mass is 9.81. The van der Waals surface area contributed by atoms with Gasteiger partial charge < -0.3 is 30.6 Å². The van der Waals surface area contributed by atoms with Crippen molar-refractivity contribution < 1.29 is 30.6 Å². The largest absolute Gasteiger partial charge is 0.509 e. The van der Waals surface area contributed by atoms with Gasteiger partial charge in [-0.15, -0.1) is 0 Å². The Hall–Kier alpha value is -2.64. The van der Waals surface area contributed by atoms with Crippen molar-refractivity contribution in [3.63, 3.8) is 0 Å². The predicted molar refractivity (Wildman–Crippen MR) is 117 cm³/mol. The maximum atomic E-state index is 11.1. The third-order valence-electron chi connectivity index (χ3n) is 4.82. The van der Waals surface area contributed by atoms with Crippen molar-refractivity contribution in [2.45, 2.75) is 44.2 Å². The van der Waals surface area contributed by atoms with E-state index in [4.69, 9.17) is 0 Å². The van der Waals surface area contributed by atoms with Gasteiger partial charge in [0.15, 0.2) is 0 Å². The fraction of sp³-hybridized carbons (Fsp3) is 0.333. The third kappa shape index (κ3) is 5.93. The Morgan fingerprint density at radius 3 is 1.77 bits per heavy atom. The van der Waals surface area contributed by atoms with E-state index in [0.717, 1.165) is 0 Å². The van der Waals surface area contributed by atoms with Crippen LogP contribution in [0.5, 0.6) is 0 Å². The van der Waals surface area contributed by atoms with Crippen LogP contribution in [0.25, 0.3) is 12.2 Å². The summed E-state index contributed by atoms with van der Waals surface area (Å²) in [5.74, 6) is -1.28. The van der Waals surface area contributed by atoms with E-state index in [1.54, 1.807) is 74.5 Å². The summed E-state index contributed by atoms with van der Waals surface area (Å²) in [5, 5.41) is 63.5. The van der Waals surface area contributed by atoms with Gasteiger partial charge in [0.25, 0.3) is 0 Å². The van der Waals surface area contributed by atoms with E-state index in [9.17, 15) is 30.6 Å². The van der Waals surface area contributed by atoms with Crippen LogP contribution in [0, 0.1) is 5.92 Å². The number of rotatable bonds is 9. The van der Waals surface area contributed by atoms with Gasteiger partial charge in [-0.05, 0) is 35.6 Å². The normalized spacial score (nSPS) is 18.0. The molecule has 0 fully saturated rings. The molecule has 6 N–H and O–H groups in total. The van der Waals surface area contributed by atoms with Crippen molar-refractivity contribution in [1.82, 2.24) is 0 Å². The van der Waals surface area contributed by atoms with Crippen LogP contribution < -0.4 is 0 Å². The van der Waals surface area contributed by atoms with Crippen LogP contribution in [-0.2, 0) is 0 Å². The molecule has 0 radical (unpaired) electrons. The summed E-state index contributed by atoms with van der Waals surface area (Å²) < 4.78 is 0. The maximum Gasteiger partial charge on any atom is 0.150 e. The van der Waals surface area contributed by atoms with Gasteiger partial charge in [-0.1, -0.05) is 74.5 Å². The average Bonchev–Trinajstić information content (AvgIpc) is 2.72. The second-order valence-corrected chi connectivity index (χ2v) is 7.82. The molecule has 0 aromatic heterocycles. The van der Waals surface area contributed by atoms with Crippen molar-refractivity contribution in [1.29, 1.82) is 0 Å². The SMILES string of the molecule is CC(C)C[C@](O)(C(O)=Cc1ccccc1)[C@@H](O)[C@H](O)[C@H](O)C(O)=Cc1ccccc1.